The van der Waals surface area contributed by atoms with Gasteiger partial charge in [0, 0.05) is 26.4 Å². The van der Waals surface area contributed by atoms with Crippen LogP contribution in [-0.2, 0) is 4.74 Å². The fourth-order valence-electron chi connectivity index (χ4n) is 3.32. The monoisotopic (exact) mass is 546 g/mol. The van der Waals surface area contributed by atoms with Crippen LogP contribution in [0.1, 0.15) is 39.3 Å². The molecule has 2 aromatic carbocycles. The molecule has 0 aliphatic heterocycles. The van der Waals surface area contributed by atoms with Gasteiger partial charge in [-0.1, -0.05) is 11.6 Å². The van der Waals surface area contributed by atoms with E-state index in [1.54, 1.807) is 30.5 Å². The minimum Gasteiger partial charge on any atom is -0.465 e. The summed E-state index contributed by atoms with van der Waals surface area (Å²) in [7, 11) is 1.32. The summed E-state index contributed by atoms with van der Waals surface area (Å²) < 4.78 is 5.55. The Morgan fingerprint density at radius 3 is 2.35 bits per heavy atom. The van der Waals surface area contributed by atoms with Crippen molar-refractivity contribution in [2.24, 2.45) is 5.92 Å². The van der Waals surface area contributed by atoms with Crippen LogP contribution in [0.2, 0.25) is 5.02 Å². The molecule has 0 spiro atoms. The lowest BCUT2D eigenvalue weighted by Crippen LogP contribution is -2.20. The Kier molecular flexibility index (Phi) is 6.57. The molecule has 0 bridgehead atoms. The first-order chi connectivity index (χ1) is 14.9. The number of hydrogen-bond donors (Lipinski definition) is 0. The van der Waals surface area contributed by atoms with Crippen LogP contribution in [0, 0.1) is 9.49 Å². The minimum absolute atomic E-state index is 0.240. The molecule has 0 unspecified atom stereocenters. The second-order valence-electron chi connectivity index (χ2n) is 7.48. The van der Waals surface area contributed by atoms with Crippen molar-refractivity contribution in [3.63, 3.8) is 0 Å². The third-order valence-electron chi connectivity index (χ3n) is 5.15. The van der Waals surface area contributed by atoms with Crippen molar-refractivity contribution >= 4 is 57.3 Å². The van der Waals surface area contributed by atoms with E-state index in [4.69, 9.17) is 16.3 Å². The second kappa shape index (κ2) is 9.36. The fourth-order valence-corrected chi connectivity index (χ4v) is 4.12. The van der Waals surface area contributed by atoms with Crippen molar-refractivity contribution < 1.29 is 14.3 Å². The van der Waals surface area contributed by atoms with E-state index in [0.29, 0.717) is 27.8 Å². The molecule has 1 heterocycles. The van der Waals surface area contributed by atoms with E-state index in [1.807, 2.05) is 30.3 Å². The molecule has 0 saturated heterocycles. The normalized spacial score (nSPS) is 13.0. The van der Waals surface area contributed by atoms with Gasteiger partial charge in [-0.3, -0.25) is 9.78 Å². The predicted octanol–water partition coefficient (Wildman–Crippen LogP) is 5.91. The van der Waals surface area contributed by atoms with E-state index in [0.717, 1.165) is 21.5 Å². The van der Waals surface area contributed by atoms with Gasteiger partial charge in [-0.25, -0.2) is 4.79 Å². The number of rotatable bonds is 7. The Morgan fingerprint density at radius 1 is 1.06 bits per heavy atom. The van der Waals surface area contributed by atoms with Gasteiger partial charge in [-0.2, -0.15) is 0 Å². The highest BCUT2D eigenvalue weighted by Gasteiger charge is 2.26. The first-order valence-electron chi connectivity index (χ1n) is 9.87. The van der Waals surface area contributed by atoms with Gasteiger partial charge in [-0.05, 0) is 95.9 Å². The average molecular weight is 547 g/mol. The van der Waals surface area contributed by atoms with Gasteiger partial charge in [0.25, 0.3) is 0 Å². The highest BCUT2D eigenvalue weighted by molar-refractivity contribution is 14.1. The summed E-state index contributed by atoms with van der Waals surface area (Å²) in [5.41, 5.74) is 3.03. The first-order valence-corrected chi connectivity index (χ1v) is 11.3. The Morgan fingerprint density at radius 2 is 1.74 bits per heavy atom. The lowest BCUT2D eigenvalue weighted by Gasteiger charge is -2.25. The van der Waals surface area contributed by atoms with Crippen molar-refractivity contribution in [2.75, 3.05) is 18.6 Å². The molecule has 3 aromatic rings. The van der Waals surface area contributed by atoms with Crippen molar-refractivity contribution in [1.29, 1.82) is 0 Å². The van der Waals surface area contributed by atoms with Crippen molar-refractivity contribution in [2.45, 2.75) is 12.8 Å². The third kappa shape index (κ3) is 5.25. The highest BCUT2D eigenvalue weighted by atomic mass is 127. The minimum atomic E-state index is -0.477. The largest absolute Gasteiger partial charge is 0.465 e. The maximum absolute atomic E-state index is 13.0. The smallest absolute Gasteiger partial charge is 0.337 e. The molecular weight excluding hydrogens is 527 g/mol. The van der Waals surface area contributed by atoms with E-state index in [2.05, 4.69) is 32.5 Å². The number of carbonyl (C=O) groups is 2. The zero-order valence-electron chi connectivity index (χ0n) is 16.8. The predicted molar refractivity (Wildman–Crippen MR) is 129 cm³/mol. The van der Waals surface area contributed by atoms with Crippen LogP contribution >= 0.6 is 34.2 Å². The maximum Gasteiger partial charge on any atom is 0.337 e. The first kappa shape index (κ1) is 21.8. The van der Waals surface area contributed by atoms with Crippen LogP contribution in [0.3, 0.4) is 0 Å². The molecule has 0 amide bonds. The second-order valence-corrected chi connectivity index (χ2v) is 9.16. The molecule has 1 aliphatic rings. The molecular formula is C24H20ClIN2O3. The van der Waals surface area contributed by atoms with Crippen LogP contribution in [0.15, 0.2) is 60.8 Å². The summed E-state index contributed by atoms with van der Waals surface area (Å²) in [6.07, 6.45) is 4.17. The van der Waals surface area contributed by atoms with Crippen molar-refractivity contribution in [3.05, 3.63) is 86.2 Å². The summed E-state index contributed by atoms with van der Waals surface area (Å²) in [6.45, 7) is 0.899. The number of hydrogen-bond acceptors (Lipinski definition) is 5. The molecule has 1 aliphatic carbocycles. The van der Waals surface area contributed by atoms with Crippen LogP contribution in [0.4, 0.5) is 11.4 Å². The van der Waals surface area contributed by atoms with Crippen molar-refractivity contribution in [3.8, 4) is 0 Å². The van der Waals surface area contributed by atoms with Gasteiger partial charge in [0.1, 0.15) is 5.69 Å². The SMILES string of the molecule is COC(=O)c1cc(I)cc(C(=O)c2ccc(N(CC3CC3)c3ccc(Cl)cc3)cn2)c1. The lowest BCUT2D eigenvalue weighted by atomic mass is 10.0. The molecule has 1 saturated carbocycles. The Bertz CT molecular complexity index is 1110. The maximum atomic E-state index is 13.0. The lowest BCUT2D eigenvalue weighted by molar-refractivity contribution is 0.0600. The highest BCUT2D eigenvalue weighted by Crippen LogP contribution is 2.35. The molecule has 158 valence electrons. The van der Waals surface area contributed by atoms with E-state index in [1.165, 1.54) is 20.0 Å². The van der Waals surface area contributed by atoms with Gasteiger partial charge in [-0.15, -0.1) is 0 Å². The number of ketones is 1. The number of benzene rings is 2. The number of nitrogens with zero attached hydrogens (tertiary/aromatic N) is 2. The Labute approximate surface area is 199 Å². The summed E-state index contributed by atoms with van der Waals surface area (Å²) in [6, 6.07) is 16.3. The van der Waals surface area contributed by atoms with Gasteiger partial charge in [0.15, 0.2) is 0 Å². The summed E-state index contributed by atoms with van der Waals surface area (Å²) in [5, 5.41) is 0.693. The van der Waals surface area contributed by atoms with E-state index < -0.39 is 5.97 Å². The summed E-state index contributed by atoms with van der Waals surface area (Å²) >= 11 is 8.12. The molecule has 0 N–H and O–H groups in total. The number of esters is 1. The number of ether oxygens (including phenoxy) is 1. The molecule has 0 radical (unpaired) electrons. The van der Waals surface area contributed by atoms with Crippen LogP contribution < -0.4 is 4.90 Å². The van der Waals surface area contributed by atoms with Gasteiger partial charge < -0.3 is 9.64 Å². The number of anilines is 2. The van der Waals surface area contributed by atoms with E-state index in [9.17, 15) is 9.59 Å². The summed E-state index contributed by atoms with van der Waals surface area (Å²) in [5.74, 6) is -0.0508. The molecule has 1 aromatic heterocycles. The Hall–Kier alpha value is -2.45. The number of halogens is 2. The number of aromatic nitrogens is 1. The average Bonchev–Trinajstić information content (AvgIpc) is 3.61. The molecule has 31 heavy (non-hydrogen) atoms. The molecule has 1 fully saturated rings. The van der Waals surface area contributed by atoms with Gasteiger partial charge in [0.05, 0.1) is 24.6 Å². The van der Waals surface area contributed by atoms with Crippen LogP contribution in [0.5, 0.6) is 0 Å². The molecule has 5 nitrogen and oxygen atoms in total. The zero-order chi connectivity index (χ0) is 22.0. The molecule has 7 heteroatoms. The zero-order valence-corrected chi connectivity index (χ0v) is 19.8. The number of carbonyl (C=O) groups excluding carboxylic acids is 2. The van der Waals surface area contributed by atoms with Crippen LogP contribution in [-0.4, -0.2) is 30.4 Å². The van der Waals surface area contributed by atoms with Gasteiger partial charge in [0.2, 0.25) is 5.78 Å². The standard InChI is InChI=1S/C24H20ClIN2O3/c1-31-24(30)17-10-16(11-19(26)12-17)23(29)22-9-8-21(13-27-22)28(14-15-2-3-15)20-6-4-18(25)5-7-20/h4-13,15H,2-3,14H2,1H3. The Balaban J connectivity index is 1.60. The summed E-state index contributed by atoms with van der Waals surface area (Å²) in [4.78, 5) is 31.5. The quantitative estimate of drug-likeness (QED) is 0.210. The third-order valence-corrected chi connectivity index (χ3v) is 6.02. The van der Waals surface area contributed by atoms with E-state index in [-0.39, 0.29) is 5.78 Å². The topological polar surface area (TPSA) is 59.5 Å². The molecule has 4 rings (SSSR count). The fraction of sp³-hybridized carbons (Fsp3) is 0.208. The number of methoxy groups -OCH3 is 1. The van der Waals surface area contributed by atoms with Crippen molar-refractivity contribution in [1.82, 2.24) is 4.98 Å². The number of pyridine rings is 1. The van der Waals surface area contributed by atoms with Crippen LogP contribution in [0.25, 0.3) is 0 Å². The van der Waals surface area contributed by atoms with E-state index >= 15 is 0 Å². The van der Waals surface area contributed by atoms with Gasteiger partial charge >= 0.3 is 5.97 Å². The molecule has 0 atom stereocenters.